The van der Waals surface area contributed by atoms with Gasteiger partial charge in [-0.15, -0.1) is 0 Å². The maximum atomic E-state index is 3.43. The van der Waals surface area contributed by atoms with Crippen molar-refractivity contribution in [1.82, 2.24) is 0 Å². The molecule has 1 nitrogen and oxygen atoms in total. The molecule has 0 amide bonds. The van der Waals surface area contributed by atoms with Crippen LogP contribution in [-0.4, -0.2) is 7.05 Å². The normalized spacial score (nSPS) is 8.69. The number of hydrogen-bond donors (Lipinski definition) is 1. The SMILES string of the molecule is CC.CCc1ccc(Br)cc1NC. The largest absolute Gasteiger partial charge is 0.388 e. The van der Waals surface area contributed by atoms with Crippen molar-refractivity contribution >= 4 is 21.6 Å². The molecule has 1 aromatic rings. The summed E-state index contributed by atoms with van der Waals surface area (Å²) < 4.78 is 1.12. The van der Waals surface area contributed by atoms with Crippen LogP contribution in [0.4, 0.5) is 5.69 Å². The molecule has 0 spiro atoms. The minimum absolute atomic E-state index is 1.07. The molecule has 74 valence electrons. The molecule has 0 saturated heterocycles. The number of benzene rings is 1. The first kappa shape index (κ1) is 12.5. The standard InChI is InChI=1S/C9H12BrN.C2H6/c1-3-7-4-5-8(10)6-9(7)11-2;1-2/h4-6,11H,3H2,1-2H3;1-2H3. The Labute approximate surface area is 89.7 Å². The van der Waals surface area contributed by atoms with Crippen LogP contribution in [0.5, 0.6) is 0 Å². The maximum absolute atomic E-state index is 3.43. The number of nitrogens with one attached hydrogen (secondary N) is 1. The Morgan fingerprint density at radius 1 is 1.31 bits per heavy atom. The Bertz CT molecular complexity index is 246. The van der Waals surface area contributed by atoms with Gasteiger partial charge in [0.25, 0.3) is 0 Å². The van der Waals surface area contributed by atoms with Crippen LogP contribution in [0.3, 0.4) is 0 Å². The number of anilines is 1. The van der Waals surface area contributed by atoms with Gasteiger partial charge in [-0.2, -0.15) is 0 Å². The lowest BCUT2D eigenvalue weighted by Crippen LogP contribution is -1.93. The summed E-state index contributed by atoms with van der Waals surface area (Å²) in [5.41, 5.74) is 2.57. The first-order valence-corrected chi connectivity index (χ1v) is 5.53. The van der Waals surface area contributed by atoms with Gasteiger partial charge in [0.15, 0.2) is 0 Å². The van der Waals surface area contributed by atoms with Crippen LogP contribution >= 0.6 is 15.9 Å². The molecule has 0 heterocycles. The van der Waals surface area contributed by atoms with Gasteiger partial charge in [-0.3, -0.25) is 0 Å². The summed E-state index contributed by atoms with van der Waals surface area (Å²) in [6.45, 7) is 6.16. The molecule has 0 aliphatic carbocycles. The van der Waals surface area contributed by atoms with Gasteiger partial charge < -0.3 is 5.32 Å². The molecule has 1 aromatic carbocycles. The Hall–Kier alpha value is -0.500. The van der Waals surface area contributed by atoms with Crippen molar-refractivity contribution in [2.24, 2.45) is 0 Å². The van der Waals surface area contributed by atoms with E-state index < -0.39 is 0 Å². The van der Waals surface area contributed by atoms with Crippen LogP contribution in [0.25, 0.3) is 0 Å². The van der Waals surface area contributed by atoms with Crippen molar-refractivity contribution < 1.29 is 0 Å². The summed E-state index contributed by atoms with van der Waals surface area (Å²) in [6.07, 6.45) is 1.07. The van der Waals surface area contributed by atoms with Crippen molar-refractivity contribution in [3.8, 4) is 0 Å². The van der Waals surface area contributed by atoms with Gasteiger partial charge in [-0.1, -0.05) is 42.8 Å². The lowest BCUT2D eigenvalue weighted by molar-refractivity contribution is 1.14. The molecule has 13 heavy (non-hydrogen) atoms. The van der Waals surface area contributed by atoms with Crippen molar-refractivity contribution in [2.45, 2.75) is 27.2 Å². The Kier molecular flexibility index (Phi) is 6.69. The van der Waals surface area contributed by atoms with E-state index >= 15 is 0 Å². The summed E-state index contributed by atoms with van der Waals surface area (Å²) in [4.78, 5) is 0. The van der Waals surface area contributed by atoms with Crippen LogP contribution in [0.15, 0.2) is 22.7 Å². The van der Waals surface area contributed by atoms with Crippen LogP contribution in [0, 0.1) is 0 Å². The van der Waals surface area contributed by atoms with Gasteiger partial charge in [-0.05, 0) is 24.1 Å². The van der Waals surface area contributed by atoms with Crippen LogP contribution < -0.4 is 5.32 Å². The monoisotopic (exact) mass is 243 g/mol. The van der Waals surface area contributed by atoms with Gasteiger partial charge >= 0.3 is 0 Å². The zero-order chi connectivity index (χ0) is 10.3. The zero-order valence-electron chi connectivity index (χ0n) is 8.82. The van der Waals surface area contributed by atoms with E-state index in [9.17, 15) is 0 Å². The Balaban J connectivity index is 0.000000671. The molecule has 2 heteroatoms. The topological polar surface area (TPSA) is 12.0 Å². The summed E-state index contributed by atoms with van der Waals surface area (Å²) in [5, 5.41) is 3.16. The summed E-state index contributed by atoms with van der Waals surface area (Å²) in [6, 6.07) is 6.30. The van der Waals surface area contributed by atoms with Crippen molar-refractivity contribution in [1.29, 1.82) is 0 Å². The van der Waals surface area contributed by atoms with Crippen molar-refractivity contribution in [3.63, 3.8) is 0 Å². The van der Waals surface area contributed by atoms with Crippen LogP contribution in [-0.2, 0) is 6.42 Å². The highest BCUT2D eigenvalue weighted by molar-refractivity contribution is 9.10. The van der Waals surface area contributed by atoms with Crippen LogP contribution in [0.1, 0.15) is 26.3 Å². The van der Waals surface area contributed by atoms with Gasteiger partial charge in [0.05, 0.1) is 0 Å². The Morgan fingerprint density at radius 3 is 2.38 bits per heavy atom. The van der Waals surface area contributed by atoms with E-state index in [4.69, 9.17) is 0 Å². The third-order valence-corrected chi connectivity index (χ3v) is 2.22. The molecular formula is C11H18BrN. The fraction of sp³-hybridized carbons (Fsp3) is 0.455. The van der Waals surface area contributed by atoms with E-state index in [1.807, 2.05) is 20.9 Å². The fourth-order valence-electron chi connectivity index (χ4n) is 1.09. The van der Waals surface area contributed by atoms with Gasteiger partial charge in [0, 0.05) is 17.2 Å². The van der Waals surface area contributed by atoms with Crippen molar-refractivity contribution in [3.05, 3.63) is 28.2 Å². The van der Waals surface area contributed by atoms with Gasteiger partial charge in [-0.25, -0.2) is 0 Å². The predicted octanol–water partition coefficient (Wildman–Crippen LogP) is 4.08. The third kappa shape index (κ3) is 3.81. The minimum atomic E-state index is 1.07. The first-order valence-electron chi connectivity index (χ1n) is 4.74. The number of aryl methyl sites for hydroxylation is 1. The summed E-state index contributed by atoms with van der Waals surface area (Å²) in [7, 11) is 1.95. The maximum Gasteiger partial charge on any atom is 0.0381 e. The van der Waals surface area contributed by atoms with E-state index in [-0.39, 0.29) is 0 Å². The molecule has 0 saturated carbocycles. The smallest absolute Gasteiger partial charge is 0.0381 e. The molecule has 0 radical (unpaired) electrons. The first-order chi connectivity index (χ1) is 6.27. The molecule has 0 fully saturated rings. The fourth-order valence-corrected chi connectivity index (χ4v) is 1.45. The van der Waals surface area contributed by atoms with E-state index in [0.717, 1.165) is 10.9 Å². The second kappa shape index (κ2) is 6.96. The lowest BCUT2D eigenvalue weighted by Gasteiger charge is -2.06. The molecule has 0 bridgehead atoms. The molecule has 0 aromatic heterocycles. The average molecular weight is 244 g/mol. The molecule has 0 atom stereocenters. The molecule has 0 unspecified atom stereocenters. The number of halogens is 1. The van der Waals surface area contributed by atoms with E-state index in [1.165, 1.54) is 11.3 Å². The third-order valence-electron chi connectivity index (χ3n) is 1.72. The molecule has 0 aliphatic rings. The minimum Gasteiger partial charge on any atom is -0.388 e. The second-order valence-corrected chi connectivity index (χ2v) is 3.32. The highest BCUT2D eigenvalue weighted by Gasteiger charge is 1.97. The number of rotatable bonds is 2. The lowest BCUT2D eigenvalue weighted by atomic mass is 10.1. The highest BCUT2D eigenvalue weighted by Crippen LogP contribution is 2.20. The van der Waals surface area contributed by atoms with Gasteiger partial charge in [0.1, 0.15) is 0 Å². The molecule has 1 rings (SSSR count). The van der Waals surface area contributed by atoms with Crippen molar-refractivity contribution in [2.75, 3.05) is 12.4 Å². The predicted molar refractivity (Wildman–Crippen MR) is 64.4 cm³/mol. The quantitative estimate of drug-likeness (QED) is 0.826. The van der Waals surface area contributed by atoms with E-state index in [1.54, 1.807) is 0 Å². The summed E-state index contributed by atoms with van der Waals surface area (Å²) in [5.74, 6) is 0. The zero-order valence-corrected chi connectivity index (χ0v) is 10.4. The van der Waals surface area contributed by atoms with E-state index in [0.29, 0.717) is 0 Å². The molecule has 1 N–H and O–H groups in total. The molecular weight excluding hydrogens is 226 g/mol. The van der Waals surface area contributed by atoms with Gasteiger partial charge in [0.2, 0.25) is 0 Å². The second-order valence-electron chi connectivity index (χ2n) is 2.41. The van der Waals surface area contributed by atoms with E-state index in [2.05, 4.69) is 46.4 Å². The highest BCUT2D eigenvalue weighted by atomic mass is 79.9. The summed E-state index contributed by atoms with van der Waals surface area (Å²) >= 11 is 3.43. The van der Waals surface area contributed by atoms with Crippen LogP contribution in [0.2, 0.25) is 0 Å². The Morgan fingerprint density at radius 2 is 1.92 bits per heavy atom. The number of hydrogen-bond acceptors (Lipinski definition) is 1. The molecule has 0 aliphatic heterocycles. The average Bonchev–Trinajstić information content (AvgIpc) is 2.20.